The number of carbonyl (C=O) groups excluding carboxylic acids is 1. The van der Waals surface area contributed by atoms with Gasteiger partial charge in [0.05, 0.1) is 5.52 Å². The molecule has 4 heteroatoms. The number of fused-ring (bicyclic) bond motifs is 1. The molecule has 4 nitrogen and oxygen atoms in total. The van der Waals surface area contributed by atoms with E-state index < -0.39 is 0 Å². The first-order chi connectivity index (χ1) is 9.13. The second kappa shape index (κ2) is 5.69. The Bertz CT molecular complexity index is 611. The molecule has 0 amide bonds. The summed E-state index contributed by atoms with van der Waals surface area (Å²) in [6.45, 7) is 2.93. The van der Waals surface area contributed by atoms with Crippen LogP contribution in [0.15, 0.2) is 36.5 Å². The minimum Gasteiger partial charge on any atom is -0.383 e. The number of benzene rings is 1. The van der Waals surface area contributed by atoms with Crippen molar-refractivity contribution in [3.05, 3.63) is 42.2 Å². The Morgan fingerprint density at radius 2 is 2.11 bits per heavy atom. The maximum Gasteiger partial charge on any atom is 0.208 e. The van der Waals surface area contributed by atoms with Gasteiger partial charge in [0.15, 0.2) is 0 Å². The number of rotatable bonds is 5. The summed E-state index contributed by atoms with van der Waals surface area (Å²) >= 11 is 0. The van der Waals surface area contributed by atoms with Crippen molar-refractivity contribution in [2.24, 2.45) is 0 Å². The monoisotopic (exact) mass is 257 g/mol. The summed E-state index contributed by atoms with van der Waals surface area (Å²) in [5, 5.41) is 5.37. The van der Waals surface area contributed by atoms with E-state index in [0.29, 0.717) is 5.69 Å². The molecule has 0 N–H and O–H groups in total. The predicted octanol–water partition coefficient (Wildman–Crippen LogP) is 2.70. The zero-order valence-electron chi connectivity index (χ0n) is 11.6. The number of hydrogen-bond donors (Lipinski definition) is 0. The number of ketones is 1. The highest BCUT2D eigenvalue weighted by Crippen LogP contribution is 2.19. The number of aromatic nitrogens is 2. The van der Waals surface area contributed by atoms with Gasteiger partial charge in [-0.2, -0.15) is 5.10 Å². The van der Waals surface area contributed by atoms with Crippen LogP contribution in [0.1, 0.15) is 23.8 Å². The minimum absolute atomic E-state index is 0.0558. The number of hydrogen-bond acceptors (Lipinski definition) is 3. The fourth-order valence-corrected chi connectivity index (χ4v) is 1.99. The highest BCUT2D eigenvalue weighted by atomic mass is 16.1. The molecule has 0 aliphatic carbocycles. The molecule has 0 unspecified atom stereocenters. The average molecular weight is 257 g/mol. The summed E-state index contributed by atoms with van der Waals surface area (Å²) < 4.78 is 1.91. The van der Waals surface area contributed by atoms with Crippen LogP contribution in [0.3, 0.4) is 0 Å². The first kappa shape index (κ1) is 13.3. The average Bonchev–Trinajstić information content (AvgIpc) is 2.76. The third-order valence-corrected chi connectivity index (χ3v) is 2.85. The first-order valence-electron chi connectivity index (χ1n) is 6.48. The topological polar surface area (TPSA) is 38.1 Å². The van der Waals surface area contributed by atoms with E-state index in [4.69, 9.17) is 0 Å². The van der Waals surface area contributed by atoms with Gasteiger partial charge >= 0.3 is 0 Å². The van der Waals surface area contributed by atoms with Gasteiger partial charge in [0.2, 0.25) is 5.78 Å². The van der Waals surface area contributed by atoms with E-state index in [1.54, 1.807) is 12.3 Å². The van der Waals surface area contributed by atoms with E-state index in [0.717, 1.165) is 23.9 Å². The van der Waals surface area contributed by atoms with Crippen molar-refractivity contribution < 1.29 is 4.79 Å². The number of carbonyl (C=O) groups is 1. The number of allylic oxidation sites excluding steroid dienone is 1. The molecular formula is C15H19N3O. The fraction of sp³-hybridized carbons (Fsp3) is 0.333. The SMILES string of the molecule is CCCn1nc(C(=O)/C=C/N(C)C)c2ccccc21. The Morgan fingerprint density at radius 1 is 1.37 bits per heavy atom. The summed E-state index contributed by atoms with van der Waals surface area (Å²) in [7, 11) is 3.77. The van der Waals surface area contributed by atoms with Gasteiger partial charge in [-0.1, -0.05) is 25.1 Å². The molecular weight excluding hydrogens is 238 g/mol. The Kier molecular flexibility index (Phi) is 4.00. The lowest BCUT2D eigenvalue weighted by Gasteiger charge is -2.01. The largest absolute Gasteiger partial charge is 0.383 e. The Balaban J connectivity index is 2.46. The van der Waals surface area contributed by atoms with Crippen molar-refractivity contribution in [3.8, 4) is 0 Å². The van der Waals surface area contributed by atoms with Crippen molar-refractivity contribution in [1.82, 2.24) is 14.7 Å². The van der Waals surface area contributed by atoms with E-state index in [9.17, 15) is 4.79 Å². The van der Waals surface area contributed by atoms with Crippen LogP contribution >= 0.6 is 0 Å². The number of para-hydroxylation sites is 1. The van der Waals surface area contributed by atoms with E-state index in [1.807, 2.05) is 47.9 Å². The number of nitrogens with zero attached hydrogens (tertiary/aromatic N) is 3. The van der Waals surface area contributed by atoms with Gasteiger partial charge in [-0.15, -0.1) is 0 Å². The lowest BCUT2D eigenvalue weighted by molar-refractivity contribution is 0.104. The molecule has 0 fully saturated rings. The first-order valence-corrected chi connectivity index (χ1v) is 6.48. The van der Waals surface area contributed by atoms with E-state index >= 15 is 0 Å². The summed E-state index contributed by atoms with van der Waals surface area (Å²) in [4.78, 5) is 14.0. The van der Waals surface area contributed by atoms with Gasteiger partial charge in [-0.25, -0.2) is 0 Å². The zero-order chi connectivity index (χ0) is 13.8. The molecule has 0 radical (unpaired) electrons. The third-order valence-electron chi connectivity index (χ3n) is 2.85. The smallest absolute Gasteiger partial charge is 0.208 e. The molecule has 0 aliphatic rings. The zero-order valence-corrected chi connectivity index (χ0v) is 11.6. The van der Waals surface area contributed by atoms with Crippen LogP contribution in [0.2, 0.25) is 0 Å². The van der Waals surface area contributed by atoms with Crippen molar-refractivity contribution in [2.75, 3.05) is 14.1 Å². The van der Waals surface area contributed by atoms with Crippen LogP contribution in [0.25, 0.3) is 10.9 Å². The van der Waals surface area contributed by atoms with Crippen LogP contribution < -0.4 is 0 Å². The molecule has 0 bridgehead atoms. The van der Waals surface area contributed by atoms with Crippen LogP contribution in [0, 0.1) is 0 Å². The molecule has 100 valence electrons. The second-order valence-corrected chi connectivity index (χ2v) is 4.73. The Hall–Kier alpha value is -2.10. The molecule has 1 aromatic heterocycles. The van der Waals surface area contributed by atoms with Crippen LogP contribution in [0.5, 0.6) is 0 Å². The second-order valence-electron chi connectivity index (χ2n) is 4.73. The highest BCUT2D eigenvalue weighted by Gasteiger charge is 2.14. The quantitative estimate of drug-likeness (QED) is 0.610. The van der Waals surface area contributed by atoms with Crippen LogP contribution in [0.4, 0.5) is 0 Å². The standard InChI is InChI=1S/C15H19N3O/c1-4-10-18-13-8-6-5-7-12(13)15(16-18)14(19)9-11-17(2)3/h5-9,11H,4,10H2,1-3H3/b11-9+. The Morgan fingerprint density at radius 3 is 2.79 bits per heavy atom. The molecule has 19 heavy (non-hydrogen) atoms. The molecule has 1 heterocycles. The van der Waals surface area contributed by atoms with E-state index in [-0.39, 0.29) is 5.78 Å². The summed E-state index contributed by atoms with van der Waals surface area (Å²) in [6, 6.07) is 7.86. The van der Waals surface area contributed by atoms with Crippen LogP contribution in [-0.4, -0.2) is 34.6 Å². The normalized spacial score (nSPS) is 11.3. The molecule has 2 aromatic rings. The lowest BCUT2D eigenvalue weighted by Crippen LogP contribution is -2.05. The molecule has 0 saturated heterocycles. The molecule has 0 atom stereocenters. The van der Waals surface area contributed by atoms with Gasteiger partial charge in [-0.05, 0) is 12.5 Å². The van der Waals surface area contributed by atoms with Crippen LogP contribution in [-0.2, 0) is 6.54 Å². The molecule has 0 spiro atoms. The van der Waals surface area contributed by atoms with Gasteiger partial charge in [0.25, 0.3) is 0 Å². The Labute approximate surface area is 113 Å². The van der Waals surface area contributed by atoms with Crippen molar-refractivity contribution in [1.29, 1.82) is 0 Å². The summed E-state index contributed by atoms with van der Waals surface area (Å²) in [6.07, 6.45) is 4.30. The van der Waals surface area contributed by atoms with Gasteiger partial charge in [0.1, 0.15) is 5.69 Å². The summed E-state index contributed by atoms with van der Waals surface area (Å²) in [5.74, 6) is -0.0558. The summed E-state index contributed by atoms with van der Waals surface area (Å²) in [5.41, 5.74) is 1.55. The lowest BCUT2D eigenvalue weighted by atomic mass is 10.1. The van der Waals surface area contributed by atoms with E-state index in [2.05, 4.69) is 12.0 Å². The molecule has 0 aliphatic heterocycles. The van der Waals surface area contributed by atoms with Crippen molar-refractivity contribution in [2.45, 2.75) is 19.9 Å². The maximum absolute atomic E-state index is 12.2. The third kappa shape index (κ3) is 2.84. The minimum atomic E-state index is -0.0558. The molecule has 1 aromatic carbocycles. The fourth-order valence-electron chi connectivity index (χ4n) is 1.99. The van der Waals surface area contributed by atoms with E-state index in [1.165, 1.54) is 0 Å². The molecule has 2 rings (SSSR count). The van der Waals surface area contributed by atoms with Gasteiger partial charge < -0.3 is 4.90 Å². The predicted molar refractivity (Wildman–Crippen MR) is 77.2 cm³/mol. The van der Waals surface area contributed by atoms with Gasteiger partial charge in [-0.3, -0.25) is 9.48 Å². The van der Waals surface area contributed by atoms with Gasteiger partial charge in [0, 0.05) is 38.3 Å². The molecule has 0 saturated carbocycles. The van der Waals surface area contributed by atoms with Crippen molar-refractivity contribution in [3.63, 3.8) is 0 Å². The number of aryl methyl sites for hydroxylation is 1. The highest BCUT2D eigenvalue weighted by molar-refractivity contribution is 6.11. The maximum atomic E-state index is 12.2. The van der Waals surface area contributed by atoms with Crippen molar-refractivity contribution >= 4 is 16.7 Å².